The highest BCUT2D eigenvalue weighted by molar-refractivity contribution is 9.10. The zero-order chi connectivity index (χ0) is 20.7. The number of halogens is 3. The van der Waals surface area contributed by atoms with E-state index in [9.17, 15) is 18.4 Å². The van der Waals surface area contributed by atoms with Crippen LogP contribution in [0.3, 0.4) is 0 Å². The van der Waals surface area contributed by atoms with Gasteiger partial charge < -0.3 is 9.47 Å². The third-order valence-corrected chi connectivity index (χ3v) is 4.49. The Morgan fingerprint density at radius 1 is 0.964 bits per heavy atom. The largest absolute Gasteiger partial charge is 0.464 e. The summed E-state index contributed by atoms with van der Waals surface area (Å²) >= 11 is 4.29. The molecule has 0 saturated carbocycles. The predicted octanol–water partition coefficient (Wildman–Crippen LogP) is 3.90. The van der Waals surface area contributed by atoms with E-state index >= 15 is 0 Å². The number of carbonyl (C=O) groups is 2. The molecule has 0 bridgehead atoms. The van der Waals surface area contributed by atoms with E-state index in [4.69, 9.17) is 0 Å². The Morgan fingerprint density at radius 3 is 2.07 bits per heavy atom. The van der Waals surface area contributed by atoms with Gasteiger partial charge in [0.15, 0.2) is 11.4 Å². The molecule has 0 aliphatic rings. The average Bonchev–Trinajstić information content (AvgIpc) is 3.22. The summed E-state index contributed by atoms with van der Waals surface area (Å²) in [6.07, 6.45) is 3.51. The molecule has 3 rings (SSSR count). The fraction of sp³-hybridized carbons (Fsp3) is 0.118. The Labute approximate surface area is 170 Å². The Balaban J connectivity index is 0.000000209. The number of pyridine rings is 2. The molecule has 0 amide bonds. The SMILES string of the molecule is COC(=O)c1ncc(F)cc1-c1nccs1.COC(=O)c1ncc(F)cc1Br. The van der Waals surface area contributed by atoms with Gasteiger partial charge in [-0.3, -0.25) is 0 Å². The number of aromatic nitrogens is 3. The lowest BCUT2D eigenvalue weighted by Crippen LogP contribution is -2.06. The van der Waals surface area contributed by atoms with Crippen LogP contribution in [0.5, 0.6) is 0 Å². The second kappa shape index (κ2) is 9.95. The number of nitrogens with zero attached hydrogens (tertiary/aromatic N) is 3. The number of carbonyl (C=O) groups excluding carboxylic acids is 2. The summed E-state index contributed by atoms with van der Waals surface area (Å²) < 4.78 is 34.8. The highest BCUT2D eigenvalue weighted by atomic mass is 79.9. The van der Waals surface area contributed by atoms with E-state index in [0.717, 1.165) is 18.5 Å². The second-order valence-electron chi connectivity index (χ2n) is 4.85. The monoisotopic (exact) mass is 471 g/mol. The number of esters is 2. The van der Waals surface area contributed by atoms with Crippen LogP contribution in [0, 0.1) is 11.6 Å². The van der Waals surface area contributed by atoms with Gasteiger partial charge in [-0.1, -0.05) is 0 Å². The van der Waals surface area contributed by atoms with Gasteiger partial charge >= 0.3 is 11.9 Å². The van der Waals surface area contributed by atoms with Crippen molar-refractivity contribution in [3.05, 3.63) is 63.6 Å². The lowest BCUT2D eigenvalue weighted by atomic mass is 10.2. The molecule has 11 heteroatoms. The number of methoxy groups -OCH3 is 2. The van der Waals surface area contributed by atoms with Crippen LogP contribution in [0.25, 0.3) is 10.6 Å². The Morgan fingerprint density at radius 2 is 1.54 bits per heavy atom. The lowest BCUT2D eigenvalue weighted by molar-refractivity contribution is 0.0585. The van der Waals surface area contributed by atoms with Crippen molar-refractivity contribution in [2.75, 3.05) is 14.2 Å². The first-order valence-corrected chi connectivity index (χ1v) is 9.07. The minimum absolute atomic E-state index is 0.0684. The molecule has 146 valence electrons. The van der Waals surface area contributed by atoms with E-state index in [2.05, 4.69) is 40.4 Å². The molecule has 0 fully saturated rings. The van der Waals surface area contributed by atoms with Gasteiger partial charge in [0, 0.05) is 17.1 Å². The Kier molecular flexibility index (Phi) is 7.64. The quantitative estimate of drug-likeness (QED) is 0.534. The minimum Gasteiger partial charge on any atom is -0.464 e. The Hall–Kier alpha value is -2.79. The van der Waals surface area contributed by atoms with Crippen LogP contribution in [0.2, 0.25) is 0 Å². The molecule has 28 heavy (non-hydrogen) atoms. The van der Waals surface area contributed by atoms with Crippen LogP contribution in [0.15, 0.2) is 40.6 Å². The van der Waals surface area contributed by atoms with Gasteiger partial charge in [-0.25, -0.2) is 33.3 Å². The predicted molar refractivity (Wildman–Crippen MR) is 99.9 cm³/mol. The van der Waals surface area contributed by atoms with Crippen molar-refractivity contribution in [1.82, 2.24) is 15.0 Å². The lowest BCUT2D eigenvalue weighted by Gasteiger charge is -2.03. The van der Waals surface area contributed by atoms with Gasteiger partial charge in [-0.05, 0) is 28.1 Å². The summed E-state index contributed by atoms with van der Waals surface area (Å²) in [5, 5.41) is 2.27. The highest BCUT2D eigenvalue weighted by Crippen LogP contribution is 2.25. The van der Waals surface area contributed by atoms with Crippen molar-refractivity contribution in [1.29, 1.82) is 0 Å². The van der Waals surface area contributed by atoms with Gasteiger partial charge in [0.2, 0.25) is 0 Å². The maximum atomic E-state index is 13.1. The molecule has 0 atom stereocenters. The molecule has 0 N–H and O–H groups in total. The molecule has 7 nitrogen and oxygen atoms in total. The van der Waals surface area contributed by atoms with Crippen molar-refractivity contribution in [2.24, 2.45) is 0 Å². The van der Waals surface area contributed by atoms with E-state index in [-0.39, 0.29) is 15.9 Å². The first kappa shape index (κ1) is 21.5. The van der Waals surface area contributed by atoms with E-state index < -0.39 is 23.6 Å². The standard InChI is InChI=1S/C10H7FN2O2S.C7H5BrFNO2/c1-15-10(14)8-7(4-6(11)5-13-8)9-12-2-3-16-9;1-12-7(11)6-5(8)2-4(9)3-10-6/h2-5H,1H3;2-3H,1H3. The normalized spacial score (nSPS) is 9.89. The zero-order valence-corrected chi connectivity index (χ0v) is 16.9. The average molecular weight is 472 g/mol. The molecule has 0 saturated heterocycles. The maximum Gasteiger partial charge on any atom is 0.357 e. The van der Waals surface area contributed by atoms with Crippen molar-refractivity contribution in [3.8, 4) is 10.6 Å². The molecule has 3 heterocycles. The molecule has 0 aromatic carbocycles. The van der Waals surface area contributed by atoms with Gasteiger partial charge in [0.1, 0.15) is 16.6 Å². The summed E-state index contributed by atoms with van der Waals surface area (Å²) in [5.41, 5.74) is 0.486. The minimum atomic E-state index is -0.606. The molecule has 0 radical (unpaired) electrons. The summed E-state index contributed by atoms with van der Waals surface area (Å²) in [7, 11) is 2.48. The van der Waals surface area contributed by atoms with E-state index in [0.29, 0.717) is 10.6 Å². The van der Waals surface area contributed by atoms with Crippen molar-refractivity contribution in [3.63, 3.8) is 0 Å². The van der Waals surface area contributed by atoms with Crippen LogP contribution in [-0.4, -0.2) is 41.1 Å². The van der Waals surface area contributed by atoms with E-state index in [1.54, 1.807) is 11.6 Å². The highest BCUT2D eigenvalue weighted by Gasteiger charge is 2.17. The van der Waals surface area contributed by atoms with Gasteiger partial charge in [-0.2, -0.15) is 0 Å². The third-order valence-electron chi connectivity index (χ3n) is 3.08. The van der Waals surface area contributed by atoms with Crippen LogP contribution < -0.4 is 0 Å². The van der Waals surface area contributed by atoms with Crippen LogP contribution in [0.4, 0.5) is 8.78 Å². The number of thiazole rings is 1. The molecule has 0 aliphatic carbocycles. The van der Waals surface area contributed by atoms with Gasteiger partial charge in [0.05, 0.1) is 31.1 Å². The molecular formula is C17H12BrF2N3O4S. The maximum absolute atomic E-state index is 13.1. The Bertz CT molecular complexity index is 987. The molecule has 3 aromatic rings. The fourth-order valence-corrected chi connectivity index (χ4v) is 3.02. The third kappa shape index (κ3) is 5.36. The van der Waals surface area contributed by atoms with Crippen LogP contribution in [-0.2, 0) is 9.47 Å². The topological polar surface area (TPSA) is 91.3 Å². The summed E-state index contributed by atoms with van der Waals surface area (Å²) in [4.78, 5) is 33.6. The molecule has 0 aliphatic heterocycles. The fourth-order valence-electron chi connectivity index (χ4n) is 1.88. The molecule has 0 unspecified atom stereocenters. The molecule has 0 spiro atoms. The molecule has 3 aromatic heterocycles. The first-order valence-electron chi connectivity index (χ1n) is 7.40. The summed E-state index contributed by atoms with van der Waals surface area (Å²) in [5.74, 6) is -2.22. The summed E-state index contributed by atoms with van der Waals surface area (Å²) in [6.45, 7) is 0. The number of hydrogen-bond acceptors (Lipinski definition) is 8. The van der Waals surface area contributed by atoms with E-state index in [1.807, 2.05) is 0 Å². The van der Waals surface area contributed by atoms with Crippen molar-refractivity contribution in [2.45, 2.75) is 0 Å². The number of rotatable bonds is 3. The number of ether oxygens (including phenoxy) is 2. The van der Waals surface area contributed by atoms with Gasteiger partial charge in [0.25, 0.3) is 0 Å². The van der Waals surface area contributed by atoms with Crippen LogP contribution >= 0.6 is 27.3 Å². The van der Waals surface area contributed by atoms with Gasteiger partial charge in [-0.15, -0.1) is 11.3 Å². The zero-order valence-electron chi connectivity index (χ0n) is 14.5. The smallest absolute Gasteiger partial charge is 0.357 e. The molecular weight excluding hydrogens is 460 g/mol. The van der Waals surface area contributed by atoms with Crippen molar-refractivity contribution >= 4 is 39.2 Å². The van der Waals surface area contributed by atoms with E-state index in [1.165, 1.54) is 31.6 Å². The number of hydrogen-bond donors (Lipinski definition) is 0. The van der Waals surface area contributed by atoms with Crippen LogP contribution in [0.1, 0.15) is 21.0 Å². The second-order valence-corrected chi connectivity index (χ2v) is 6.60. The van der Waals surface area contributed by atoms with Crippen molar-refractivity contribution < 1.29 is 27.8 Å². The summed E-state index contributed by atoms with van der Waals surface area (Å²) in [6, 6.07) is 2.37. The first-order chi connectivity index (χ1) is 13.4.